The lowest BCUT2D eigenvalue weighted by Gasteiger charge is -2.20. The van der Waals surface area contributed by atoms with Crippen LogP contribution in [0.1, 0.15) is 12.5 Å². The number of nitrogens with two attached hydrogens (primary N) is 1. The van der Waals surface area contributed by atoms with Crippen molar-refractivity contribution in [1.82, 2.24) is 4.90 Å². The van der Waals surface area contributed by atoms with Gasteiger partial charge in [0.1, 0.15) is 10.7 Å². The number of likely N-dealkylation sites (N-methyl/N-ethyl adjacent to an activating group) is 1. The fourth-order valence-electron chi connectivity index (χ4n) is 1.45. The van der Waals surface area contributed by atoms with Gasteiger partial charge in [0.05, 0.1) is 10.6 Å². The molecule has 1 atom stereocenters. The van der Waals surface area contributed by atoms with Gasteiger partial charge in [-0.25, -0.2) is 0 Å². The molecule has 0 fully saturated rings. The SMILES string of the molecule is CC(Oc1cccc(Cl)c1C(N)=S)C(=O)N(C)C. The zero-order valence-corrected chi connectivity index (χ0v) is 12.0. The maximum atomic E-state index is 11.7. The molecule has 0 heterocycles. The first-order valence-corrected chi connectivity index (χ1v) is 6.09. The van der Waals surface area contributed by atoms with Gasteiger partial charge in [0.25, 0.3) is 5.91 Å². The zero-order chi connectivity index (χ0) is 13.9. The fourth-order valence-corrected chi connectivity index (χ4v) is 1.98. The number of amides is 1. The summed E-state index contributed by atoms with van der Waals surface area (Å²) in [5.41, 5.74) is 6.05. The topological polar surface area (TPSA) is 55.6 Å². The minimum Gasteiger partial charge on any atom is -0.480 e. The lowest BCUT2D eigenvalue weighted by Crippen LogP contribution is -2.35. The lowest BCUT2D eigenvalue weighted by molar-refractivity contribution is -0.135. The molecule has 0 radical (unpaired) electrons. The maximum absolute atomic E-state index is 11.7. The predicted octanol–water partition coefficient (Wildman–Crippen LogP) is 1.83. The standard InChI is InChI=1S/C12H15ClN2O2S/c1-7(12(16)15(2)3)17-9-6-4-5-8(13)10(9)11(14)18/h4-7H,1-3H3,(H2,14,18). The molecular formula is C12H15ClN2O2S. The Kier molecular flexibility index (Phi) is 4.93. The summed E-state index contributed by atoms with van der Waals surface area (Å²) in [6, 6.07) is 5.06. The van der Waals surface area contributed by atoms with Crippen LogP contribution in [0.25, 0.3) is 0 Å². The molecule has 0 aromatic heterocycles. The van der Waals surface area contributed by atoms with Crippen LogP contribution >= 0.6 is 23.8 Å². The molecule has 6 heteroatoms. The molecule has 0 aliphatic carbocycles. The van der Waals surface area contributed by atoms with E-state index in [-0.39, 0.29) is 10.9 Å². The first kappa shape index (κ1) is 14.7. The Balaban J connectivity index is 3.01. The van der Waals surface area contributed by atoms with Crippen molar-refractivity contribution in [2.75, 3.05) is 14.1 Å². The highest BCUT2D eigenvalue weighted by molar-refractivity contribution is 7.80. The molecule has 1 aromatic rings. The Morgan fingerprint density at radius 3 is 2.61 bits per heavy atom. The first-order chi connectivity index (χ1) is 8.34. The average Bonchev–Trinajstić information content (AvgIpc) is 2.27. The molecule has 0 aliphatic heterocycles. The highest BCUT2D eigenvalue weighted by Crippen LogP contribution is 2.27. The van der Waals surface area contributed by atoms with E-state index in [4.69, 9.17) is 34.3 Å². The summed E-state index contributed by atoms with van der Waals surface area (Å²) in [5, 5.41) is 0.407. The summed E-state index contributed by atoms with van der Waals surface area (Å²) in [5.74, 6) is 0.265. The largest absolute Gasteiger partial charge is 0.480 e. The Morgan fingerprint density at radius 1 is 1.50 bits per heavy atom. The number of thiocarbonyl (C=S) groups is 1. The number of hydrogen-bond acceptors (Lipinski definition) is 3. The third-order valence-corrected chi connectivity index (χ3v) is 2.83. The van der Waals surface area contributed by atoms with Gasteiger partial charge in [-0.15, -0.1) is 0 Å². The molecule has 0 bridgehead atoms. The van der Waals surface area contributed by atoms with Crippen LogP contribution in [0.4, 0.5) is 0 Å². The minimum atomic E-state index is -0.633. The summed E-state index contributed by atoms with van der Waals surface area (Å²) in [4.78, 5) is 13.3. The van der Waals surface area contributed by atoms with E-state index in [0.717, 1.165) is 0 Å². The number of carbonyl (C=O) groups excluding carboxylic acids is 1. The number of rotatable bonds is 4. The van der Waals surface area contributed by atoms with Gasteiger partial charge in [0.2, 0.25) is 0 Å². The second-order valence-corrected chi connectivity index (χ2v) is 4.82. The van der Waals surface area contributed by atoms with Crippen LogP contribution in [-0.4, -0.2) is 36.0 Å². The summed E-state index contributed by atoms with van der Waals surface area (Å²) < 4.78 is 5.57. The average molecular weight is 287 g/mol. The van der Waals surface area contributed by atoms with Crippen molar-refractivity contribution in [3.8, 4) is 5.75 Å². The third kappa shape index (κ3) is 3.34. The van der Waals surface area contributed by atoms with E-state index in [1.54, 1.807) is 39.2 Å². The third-order valence-electron chi connectivity index (χ3n) is 2.31. The summed E-state index contributed by atoms with van der Waals surface area (Å²) >= 11 is 10.9. The summed E-state index contributed by atoms with van der Waals surface area (Å²) in [6.07, 6.45) is -0.633. The van der Waals surface area contributed by atoms with Crippen LogP contribution in [0.15, 0.2) is 18.2 Å². The molecule has 1 rings (SSSR count). The molecule has 0 saturated heterocycles. The van der Waals surface area contributed by atoms with Gasteiger partial charge < -0.3 is 15.4 Å². The lowest BCUT2D eigenvalue weighted by atomic mass is 10.2. The van der Waals surface area contributed by atoms with Gasteiger partial charge in [-0.3, -0.25) is 4.79 Å². The second-order valence-electron chi connectivity index (χ2n) is 3.97. The van der Waals surface area contributed by atoms with Crippen LogP contribution in [-0.2, 0) is 4.79 Å². The Labute approximate surface area is 117 Å². The molecule has 1 unspecified atom stereocenters. The molecule has 0 spiro atoms. The quantitative estimate of drug-likeness (QED) is 0.858. The van der Waals surface area contributed by atoms with Gasteiger partial charge in [0.15, 0.2) is 6.10 Å². The zero-order valence-electron chi connectivity index (χ0n) is 10.4. The van der Waals surface area contributed by atoms with Gasteiger partial charge in [-0.2, -0.15) is 0 Å². The minimum absolute atomic E-state index is 0.139. The van der Waals surface area contributed by atoms with E-state index in [1.807, 2.05) is 0 Å². The summed E-state index contributed by atoms with van der Waals surface area (Å²) in [6.45, 7) is 1.66. The van der Waals surface area contributed by atoms with Crippen molar-refractivity contribution in [3.05, 3.63) is 28.8 Å². The van der Waals surface area contributed by atoms with Crippen molar-refractivity contribution in [2.24, 2.45) is 5.73 Å². The van der Waals surface area contributed by atoms with Crippen LogP contribution in [0, 0.1) is 0 Å². The number of halogens is 1. The van der Waals surface area contributed by atoms with Crippen LogP contribution < -0.4 is 10.5 Å². The van der Waals surface area contributed by atoms with E-state index in [9.17, 15) is 4.79 Å². The van der Waals surface area contributed by atoms with Gasteiger partial charge in [-0.1, -0.05) is 29.9 Å². The van der Waals surface area contributed by atoms with Crippen molar-refractivity contribution in [2.45, 2.75) is 13.0 Å². The van der Waals surface area contributed by atoms with Crippen LogP contribution in [0.5, 0.6) is 5.75 Å². The smallest absolute Gasteiger partial charge is 0.262 e. The van der Waals surface area contributed by atoms with E-state index in [2.05, 4.69) is 0 Å². The van der Waals surface area contributed by atoms with Crippen LogP contribution in [0.2, 0.25) is 5.02 Å². The highest BCUT2D eigenvalue weighted by Gasteiger charge is 2.19. The number of carbonyl (C=O) groups is 1. The van der Waals surface area contributed by atoms with Crippen molar-refractivity contribution < 1.29 is 9.53 Å². The Morgan fingerprint density at radius 2 is 2.11 bits per heavy atom. The molecule has 1 amide bonds. The molecular weight excluding hydrogens is 272 g/mol. The predicted molar refractivity (Wildman–Crippen MR) is 76.1 cm³/mol. The number of benzene rings is 1. The van der Waals surface area contributed by atoms with E-state index in [1.165, 1.54) is 4.90 Å². The summed E-state index contributed by atoms with van der Waals surface area (Å²) in [7, 11) is 3.32. The number of nitrogens with zero attached hydrogens (tertiary/aromatic N) is 1. The fraction of sp³-hybridized carbons (Fsp3) is 0.333. The Hall–Kier alpha value is -1.33. The first-order valence-electron chi connectivity index (χ1n) is 5.30. The van der Waals surface area contributed by atoms with Crippen LogP contribution in [0.3, 0.4) is 0 Å². The maximum Gasteiger partial charge on any atom is 0.262 e. The molecule has 1 aromatic carbocycles. The highest BCUT2D eigenvalue weighted by atomic mass is 35.5. The van der Waals surface area contributed by atoms with E-state index >= 15 is 0 Å². The molecule has 0 aliphatic rings. The van der Waals surface area contributed by atoms with E-state index < -0.39 is 6.10 Å². The second kappa shape index (κ2) is 6.02. The molecule has 4 nitrogen and oxygen atoms in total. The van der Waals surface area contributed by atoms with E-state index in [0.29, 0.717) is 16.3 Å². The monoisotopic (exact) mass is 286 g/mol. The Bertz CT molecular complexity index is 477. The van der Waals surface area contributed by atoms with Crippen molar-refractivity contribution >= 4 is 34.7 Å². The molecule has 2 N–H and O–H groups in total. The van der Waals surface area contributed by atoms with Gasteiger partial charge in [0, 0.05) is 14.1 Å². The number of hydrogen-bond donors (Lipinski definition) is 1. The van der Waals surface area contributed by atoms with Gasteiger partial charge in [-0.05, 0) is 19.1 Å². The molecule has 18 heavy (non-hydrogen) atoms. The van der Waals surface area contributed by atoms with Gasteiger partial charge >= 0.3 is 0 Å². The normalized spacial score (nSPS) is 11.8. The van der Waals surface area contributed by atoms with Crippen molar-refractivity contribution in [1.29, 1.82) is 0 Å². The molecule has 98 valence electrons. The number of ether oxygens (including phenoxy) is 1. The molecule has 0 saturated carbocycles. The van der Waals surface area contributed by atoms with Crippen molar-refractivity contribution in [3.63, 3.8) is 0 Å².